The van der Waals surface area contributed by atoms with Crippen molar-refractivity contribution >= 4 is 28.8 Å². The van der Waals surface area contributed by atoms with Crippen molar-refractivity contribution in [2.45, 2.75) is 33.2 Å². The van der Waals surface area contributed by atoms with Crippen LogP contribution in [0.2, 0.25) is 5.15 Å². The minimum Gasteiger partial charge on any atom is -0.349 e. The molecule has 0 saturated heterocycles. The first kappa shape index (κ1) is 12.9. The third kappa shape index (κ3) is 2.13. The maximum Gasteiger partial charge on any atom is 0.137 e. The van der Waals surface area contributed by atoms with E-state index in [1.54, 1.807) is 0 Å². The Balaban J connectivity index is 2.05. The number of nitrogens with zero attached hydrogens (tertiary/aromatic N) is 3. The zero-order chi connectivity index (χ0) is 13.6. The van der Waals surface area contributed by atoms with E-state index in [0.29, 0.717) is 11.2 Å². The van der Waals surface area contributed by atoms with Gasteiger partial charge in [0.1, 0.15) is 16.8 Å². The average molecular weight is 294 g/mol. The van der Waals surface area contributed by atoms with E-state index in [9.17, 15) is 0 Å². The Bertz CT molecular complexity index is 623. The van der Waals surface area contributed by atoms with Crippen LogP contribution in [0.3, 0.4) is 0 Å². The van der Waals surface area contributed by atoms with E-state index in [-0.39, 0.29) is 0 Å². The Kier molecular flexibility index (Phi) is 3.23. The number of hydrogen-bond donors (Lipinski definition) is 0. The van der Waals surface area contributed by atoms with Gasteiger partial charge in [0.2, 0.25) is 0 Å². The van der Waals surface area contributed by atoms with Crippen molar-refractivity contribution in [1.29, 1.82) is 0 Å². The fourth-order valence-corrected chi connectivity index (χ4v) is 3.83. The maximum atomic E-state index is 6.19. The molecule has 2 aromatic rings. The van der Waals surface area contributed by atoms with Crippen LogP contribution in [-0.2, 0) is 6.42 Å². The molecule has 0 fully saturated rings. The first-order valence-electron chi connectivity index (χ1n) is 6.41. The summed E-state index contributed by atoms with van der Waals surface area (Å²) < 4.78 is 0. The summed E-state index contributed by atoms with van der Waals surface area (Å²) >= 11 is 8.04. The van der Waals surface area contributed by atoms with Crippen LogP contribution in [0, 0.1) is 13.8 Å². The van der Waals surface area contributed by atoms with E-state index < -0.39 is 0 Å². The minimum atomic E-state index is 0.346. The highest BCUT2D eigenvalue weighted by molar-refractivity contribution is 7.10. The van der Waals surface area contributed by atoms with E-state index in [2.05, 4.69) is 33.2 Å². The van der Waals surface area contributed by atoms with Gasteiger partial charge in [0, 0.05) is 17.0 Å². The molecule has 1 aliphatic heterocycles. The van der Waals surface area contributed by atoms with Crippen LogP contribution >= 0.6 is 22.9 Å². The second-order valence-electron chi connectivity index (χ2n) is 4.93. The summed E-state index contributed by atoms with van der Waals surface area (Å²) in [6, 6.07) is 2.57. The number of thiophene rings is 1. The van der Waals surface area contributed by atoms with Gasteiger partial charge in [0.25, 0.3) is 0 Å². The van der Waals surface area contributed by atoms with Crippen LogP contribution in [-0.4, -0.2) is 16.5 Å². The predicted molar refractivity (Wildman–Crippen MR) is 80.3 cm³/mol. The molecule has 0 saturated carbocycles. The quantitative estimate of drug-likeness (QED) is 0.746. The van der Waals surface area contributed by atoms with Crippen LogP contribution in [0.25, 0.3) is 0 Å². The molecule has 1 atom stereocenters. The van der Waals surface area contributed by atoms with E-state index in [4.69, 9.17) is 11.6 Å². The van der Waals surface area contributed by atoms with Crippen LogP contribution < -0.4 is 4.90 Å². The zero-order valence-corrected chi connectivity index (χ0v) is 12.8. The molecule has 0 amide bonds. The zero-order valence-electron chi connectivity index (χ0n) is 11.3. The fourth-order valence-electron chi connectivity index (χ4n) is 2.66. The molecule has 100 valence electrons. The molecule has 5 heteroatoms. The Morgan fingerprint density at radius 3 is 2.95 bits per heavy atom. The summed E-state index contributed by atoms with van der Waals surface area (Å²) in [5.41, 5.74) is 2.39. The molecule has 1 aliphatic rings. The number of hydrogen-bond acceptors (Lipinski definition) is 4. The molecule has 0 spiro atoms. The van der Waals surface area contributed by atoms with E-state index in [1.807, 2.05) is 25.2 Å². The number of rotatable bonds is 1. The van der Waals surface area contributed by atoms with Crippen LogP contribution in [0.5, 0.6) is 0 Å². The highest BCUT2D eigenvalue weighted by atomic mass is 35.5. The second kappa shape index (κ2) is 4.76. The summed E-state index contributed by atoms with van der Waals surface area (Å²) in [7, 11) is 0. The van der Waals surface area contributed by atoms with Crippen molar-refractivity contribution in [3.05, 3.63) is 38.4 Å². The van der Waals surface area contributed by atoms with Gasteiger partial charge in [-0.05, 0) is 44.2 Å². The lowest BCUT2D eigenvalue weighted by atomic mass is 10.0. The third-order valence-corrected chi connectivity index (χ3v) is 5.09. The van der Waals surface area contributed by atoms with Gasteiger partial charge in [-0.1, -0.05) is 11.6 Å². The molecule has 0 N–H and O–H groups in total. The molecule has 3 rings (SSSR count). The van der Waals surface area contributed by atoms with Gasteiger partial charge in [-0.2, -0.15) is 0 Å². The highest BCUT2D eigenvalue weighted by Gasteiger charge is 2.27. The molecule has 2 aromatic heterocycles. The van der Waals surface area contributed by atoms with E-state index in [0.717, 1.165) is 30.2 Å². The molecule has 0 aromatic carbocycles. The number of fused-ring (bicyclic) bond motifs is 1. The average Bonchev–Trinajstić information content (AvgIpc) is 2.84. The maximum absolute atomic E-state index is 6.19. The van der Waals surface area contributed by atoms with E-state index >= 15 is 0 Å². The Morgan fingerprint density at radius 1 is 1.37 bits per heavy atom. The molecular weight excluding hydrogens is 278 g/mol. The van der Waals surface area contributed by atoms with Gasteiger partial charge in [-0.15, -0.1) is 11.3 Å². The summed E-state index contributed by atoms with van der Waals surface area (Å²) in [6.07, 6.45) is 1.08. The first-order chi connectivity index (χ1) is 9.08. The van der Waals surface area contributed by atoms with Gasteiger partial charge < -0.3 is 4.90 Å². The lowest BCUT2D eigenvalue weighted by molar-refractivity contribution is 0.621. The Labute approximate surface area is 122 Å². The van der Waals surface area contributed by atoms with Gasteiger partial charge in [0.05, 0.1) is 6.04 Å². The molecule has 0 radical (unpaired) electrons. The van der Waals surface area contributed by atoms with Crippen molar-refractivity contribution in [3.63, 3.8) is 0 Å². The van der Waals surface area contributed by atoms with Gasteiger partial charge in [-0.25, -0.2) is 9.97 Å². The number of halogens is 1. The van der Waals surface area contributed by atoms with Crippen molar-refractivity contribution in [1.82, 2.24) is 9.97 Å². The summed E-state index contributed by atoms with van der Waals surface area (Å²) in [4.78, 5) is 12.7. The molecule has 3 nitrogen and oxygen atoms in total. The molecule has 3 heterocycles. The first-order valence-corrected chi connectivity index (χ1v) is 7.67. The predicted octanol–water partition coefficient (Wildman–Crippen LogP) is 3.93. The standard InChI is InChI=1S/C14H16ClN3S/c1-8-13(15)16-10(3)17-14(8)18-6-4-12-11(9(18)2)5-7-19-12/h5,7,9H,4,6H2,1-3H3. The van der Waals surface area contributed by atoms with Crippen molar-refractivity contribution < 1.29 is 0 Å². The molecule has 1 unspecified atom stereocenters. The SMILES string of the molecule is Cc1nc(Cl)c(C)c(N2CCc3sccc3C2C)n1. The largest absolute Gasteiger partial charge is 0.349 e. The van der Waals surface area contributed by atoms with Gasteiger partial charge in [0.15, 0.2) is 0 Å². The van der Waals surface area contributed by atoms with Gasteiger partial charge >= 0.3 is 0 Å². The summed E-state index contributed by atoms with van der Waals surface area (Å²) in [6.45, 7) is 7.10. The Hall–Kier alpha value is -1.13. The Morgan fingerprint density at radius 2 is 2.16 bits per heavy atom. The fraction of sp³-hybridized carbons (Fsp3) is 0.429. The third-order valence-electron chi connectivity index (χ3n) is 3.72. The summed E-state index contributed by atoms with van der Waals surface area (Å²) in [5.74, 6) is 1.70. The summed E-state index contributed by atoms with van der Waals surface area (Å²) in [5, 5.41) is 2.74. The second-order valence-corrected chi connectivity index (χ2v) is 6.29. The molecule has 19 heavy (non-hydrogen) atoms. The van der Waals surface area contributed by atoms with Gasteiger partial charge in [-0.3, -0.25) is 0 Å². The monoisotopic (exact) mass is 293 g/mol. The topological polar surface area (TPSA) is 29.0 Å². The molecule has 0 aliphatic carbocycles. The van der Waals surface area contributed by atoms with Crippen LogP contribution in [0.15, 0.2) is 11.4 Å². The van der Waals surface area contributed by atoms with Crippen molar-refractivity contribution in [2.75, 3.05) is 11.4 Å². The van der Waals surface area contributed by atoms with Crippen molar-refractivity contribution in [3.8, 4) is 0 Å². The number of aromatic nitrogens is 2. The van der Waals surface area contributed by atoms with Crippen LogP contribution in [0.4, 0.5) is 5.82 Å². The normalized spacial score (nSPS) is 18.5. The number of anilines is 1. The lowest BCUT2D eigenvalue weighted by Gasteiger charge is -2.35. The number of aryl methyl sites for hydroxylation is 1. The highest BCUT2D eigenvalue weighted by Crippen LogP contribution is 2.37. The van der Waals surface area contributed by atoms with Crippen LogP contribution in [0.1, 0.15) is 34.8 Å². The molecular formula is C14H16ClN3S. The van der Waals surface area contributed by atoms with Crippen molar-refractivity contribution in [2.24, 2.45) is 0 Å². The molecule has 0 bridgehead atoms. The smallest absolute Gasteiger partial charge is 0.137 e. The lowest BCUT2D eigenvalue weighted by Crippen LogP contribution is -2.34. The van der Waals surface area contributed by atoms with E-state index in [1.165, 1.54) is 10.4 Å². The minimum absolute atomic E-state index is 0.346.